The third-order valence-electron chi connectivity index (χ3n) is 4.08. The number of nitrogens with one attached hydrogen (secondary N) is 2. The number of fused-ring (bicyclic) bond motifs is 1. The molecular formula is C15H30N4O2. The number of ether oxygens (including phenoxy) is 2. The Morgan fingerprint density at radius 2 is 2.33 bits per heavy atom. The van der Waals surface area contributed by atoms with Gasteiger partial charge in [0.2, 0.25) is 0 Å². The highest BCUT2D eigenvalue weighted by atomic mass is 16.5. The zero-order valence-electron chi connectivity index (χ0n) is 13.4. The van der Waals surface area contributed by atoms with E-state index in [4.69, 9.17) is 9.47 Å². The Hall–Kier alpha value is -0.850. The third kappa shape index (κ3) is 5.45. The smallest absolute Gasteiger partial charge is 0.191 e. The zero-order chi connectivity index (χ0) is 14.9. The van der Waals surface area contributed by atoms with Crippen molar-refractivity contribution in [2.75, 3.05) is 53.0 Å². The number of methoxy groups -OCH3 is 1. The van der Waals surface area contributed by atoms with Crippen molar-refractivity contribution in [1.82, 2.24) is 15.5 Å². The Kier molecular flexibility index (Phi) is 7.26. The standard InChI is InChI=1S/C15H30N4O2/c1-3-16-15(17-7-5-9-20-2)18-10-14-11-19-8-4-6-13(19)12-21-14/h13-14H,3-12H2,1-2H3,(H2,16,17,18). The monoisotopic (exact) mass is 298 g/mol. The summed E-state index contributed by atoms with van der Waals surface area (Å²) < 4.78 is 11.0. The average molecular weight is 298 g/mol. The first kappa shape index (κ1) is 16.5. The minimum absolute atomic E-state index is 0.230. The molecule has 2 N–H and O–H groups in total. The zero-order valence-corrected chi connectivity index (χ0v) is 13.4. The Morgan fingerprint density at radius 3 is 3.14 bits per heavy atom. The molecule has 0 radical (unpaired) electrons. The summed E-state index contributed by atoms with van der Waals surface area (Å²) in [6.07, 6.45) is 3.82. The molecule has 0 saturated carbocycles. The summed E-state index contributed by atoms with van der Waals surface area (Å²) in [5.74, 6) is 0.876. The van der Waals surface area contributed by atoms with E-state index in [-0.39, 0.29) is 6.10 Å². The van der Waals surface area contributed by atoms with Crippen LogP contribution in [0.4, 0.5) is 0 Å². The first-order valence-electron chi connectivity index (χ1n) is 8.20. The van der Waals surface area contributed by atoms with Crippen LogP contribution >= 0.6 is 0 Å². The van der Waals surface area contributed by atoms with Crippen LogP contribution in [0, 0.1) is 0 Å². The fourth-order valence-electron chi connectivity index (χ4n) is 2.95. The molecule has 0 aromatic carbocycles. The van der Waals surface area contributed by atoms with Crippen LogP contribution in [0.15, 0.2) is 4.99 Å². The summed E-state index contributed by atoms with van der Waals surface area (Å²) >= 11 is 0. The lowest BCUT2D eigenvalue weighted by atomic mass is 10.2. The van der Waals surface area contributed by atoms with Gasteiger partial charge in [-0.05, 0) is 32.7 Å². The molecule has 6 nitrogen and oxygen atoms in total. The molecule has 2 unspecified atom stereocenters. The fourth-order valence-corrected chi connectivity index (χ4v) is 2.95. The van der Waals surface area contributed by atoms with Crippen molar-refractivity contribution in [2.45, 2.75) is 38.3 Å². The van der Waals surface area contributed by atoms with E-state index >= 15 is 0 Å². The van der Waals surface area contributed by atoms with Gasteiger partial charge in [0, 0.05) is 39.4 Å². The Bertz CT molecular complexity index is 325. The molecule has 2 aliphatic heterocycles. The van der Waals surface area contributed by atoms with Crippen LogP contribution in [-0.4, -0.2) is 76.1 Å². The summed E-state index contributed by atoms with van der Waals surface area (Å²) in [4.78, 5) is 7.21. The Labute approximate surface area is 128 Å². The van der Waals surface area contributed by atoms with Crippen molar-refractivity contribution in [3.8, 4) is 0 Å². The van der Waals surface area contributed by atoms with Crippen LogP contribution in [0.5, 0.6) is 0 Å². The number of guanidine groups is 1. The molecule has 2 atom stereocenters. The van der Waals surface area contributed by atoms with Crippen LogP contribution in [0.1, 0.15) is 26.2 Å². The molecular weight excluding hydrogens is 268 g/mol. The van der Waals surface area contributed by atoms with Crippen molar-refractivity contribution in [3.63, 3.8) is 0 Å². The van der Waals surface area contributed by atoms with Gasteiger partial charge in [0.25, 0.3) is 0 Å². The average Bonchev–Trinajstić information content (AvgIpc) is 2.96. The van der Waals surface area contributed by atoms with E-state index in [2.05, 4.69) is 27.4 Å². The summed E-state index contributed by atoms with van der Waals surface area (Å²) in [7, 11) is 1.73. The van der Waals surface area contributed by atoms with Crippen molar-refractivity contribution in [1.29, 1.82) is 0 Å². The molecule has 2 heterocycles. The second kappa shape index (κ2) is 9.23. The molecule has 0 spiro atoms. The number of aliphatic imine (C=N–C) groups is 1. The van der Waals surface area contributed by atoms with E-state index in [9.17, 15) is 0 Å². The lowest BCUT2D eigenvalue weighted by Gasteiger charge is -2.34. The Morgan fingerprint density at radius 1 is 1.43 bits per heavy atom. The van der Waals surface area contributed by atoms with E-state index in [1.807, 2.05) is 0 Å². The van der Waals surface area contributed by atoms with Gasteiger partial charge in [-0.1, -0.05) is 0 Å². The van der Waals surface area contributed by atoms with Gasteiger partial charge in [0.15, 0.2) is 5.96 Å². The van der Waals surface area contributed by atoms with Crippen molar-refractivity contribution >= 4 is 5.96 Å². The molecule has 2 fully saturated rings. The summed E-state index contributed by atoms with van der Waals surface area (Å²) in [6.45, 7) is 8.45. The van der Waals surface area contributed by atoms with Gasteiger partial charge in [0.05, 0.1) is 19.3 Å². The number of hydrogen-bond acceptors (Lipinski definition) is 4. The quantitative estimate of drug-likeness (QED) is 0.406. The van der Waals surface area contributed by atoms with Gasteiger partial charge in [-0.3, -0.25) is 9.89 Å². The molecule has 0 bridgehead atoms. The molecule has 0 aromatic heterocycles. The summed E-state index contributed by atoms with van der Waals surface area (Å²) in [5.41, 5.74) is 0. The largest absolute Gasteiger partial charge is 0.385 e. The lowest BCUT2D eigenvalue weighted by molar-refractivity contribution is -0.0432. The summed E-state index contributed by atoms with van der Waals surface area (Å²) in [6, 6.07) is 0.658. The normalized spacial score (nSPS) is 26.7. The molecule has 2 aliphatic rings. The van der Waals surface area contributed by atoms with E-state index in [1.54, 1.807) is 7.11 Å². The van der Waals surface area contributed by atoms with E-state index in [0.717, 1.165) is 51.8 Å². The van der Waals surface area contributed by atoms with E-state index < -0.39 is 0 Å². The fraction of sp³-hybridized carbons (Fsp3) is 0.933. The topological polar surface area (TPSA) is 58.1 Å². The molecule has 0 aliphatic carbocycles. The molecule has 2 saturated heterocycles. The lowest BCUT2D eigenvalue weighted by Crippen LogP contribution is -2.47. The minimum Gasteiger partial charge on any atom is -0.385 e. The number of hydrogen-bond donors (Lipinski definition) is 2. The van der Waals surface area contributed by atoms with Crippen molar-refractivity contribution in [2.24, 2.45) is 4.99 Å². The third-order valence-corrected chi connectivity index (χ3v) is 4.08. The molecule has 21 heavy (non-hydrogen) atoms. The molecule has 2 rings (SSSR count). The molecule has 0 amide bonds. The highest BCUT2D eigenvalue weighted by Crippen LogP contribution is 2.22. The van der Waals surface area contributed by atoms with Gasteiger partial charge < -0.3 is 20.1 Å². The SMILES string of the molecule is CCNC(=NCC1CN2CCCC2CO1)NCCCOC. The number of rotatable bonds is 7. The highest BCUT2D eigenvalue weighted by molar-refractivity contribution is 5.79. The second-order valence-electron chi connectivity index (χ2n) is 5.74. The number of nitrogens with zero attached hydrogens (tertiary/aromatic N) is 2. The van der Waals surface area contributed by atoms with Gasteiger partial charge >= 0.3 is 0 Å². The van der Waals surface area contributed by atoms with Gasteiger partial charge in [-0.25, -0.2) is 0 Å². The second-order valence-corrected chi connectivity index (χ2v) is 5.74. The maximum atomic E-state index is 5.94. The molecule has 6 heteroatoms. The van der Waals surface area contributed by atoms with Crippen molar-refractivity contribution in [3.05, 3.63) is 0 Å². The maximum absolute atomic E-state index is 5.94. The van der Waals surface area contributed by atoms with Crippen LogP contribution in [0.2, 0.25) is 0 Å². The summed E-state index contributed by atoms with van der Waals surface area (Å²) in [5, 5.41) is 6.61. The molecule has 122 valence electrons. The van der Waals surface area contributed by atoms with Crippen molar-refractivity contribution < 1.29 is 9.47 Å². The van der Waals surface area contributed by atoms with Gasteiger partial charge in [-0.2, -0.15) is 0 Å². The van der Waals surface area contributed by atoms with E-state index in [1.165, 1.54) is 19.4 Å². The van der Waals surface area contributed by atoms with E-state index in [0.29, 0.717) is 6.04 Å². The van der Waals surface area contributed by atoms with Crippen LogP contribution in [-0.2, 0) is 9.47 Å². The molecule has 0 aromatic rings. The predicted octanol–water partition coefficient (Wildman–Crippen LogP) is 0.441. The van der Waals surface area contributed by atoms with Gasteiger partial charge in [0.1, 0.15) is 0 Å². The Balaban J connectivity index is 1.73. The first-order chi connectivity index (χ1) is 10.3. The predicted molar refractivity (Wildman–Crippen MR) is 84.8 cm³/mol. The van der Waals surface area contributed by atoms with Gasteiger partial charge in [-0.15, -0.1) is 0 Å². The maximum Gasteiger partial charge on any atom is 0.191 e. The van der Waals surface area contributed by atoms with Crippen LogP contribution < -0.4 is 10.6 Å². The number of morpholine rings is 1. The minimum atomic E-state index is 0.230. The first-order valence-corrected chi connectivity index (χ1v) is 8.20. The van der Waals surface area contributed by atoms with Crippen LogP contribution in [0.3, 0.4) is 0 Å². The highest BCUT2D eigenvalue weighted by Gasteiger charge is 2.31. The van der Waals surface area contributed by atoms with Crippen LogP contribution in [0.25, 0.3) is 0 Å².